The molecule has 2 aliphatic carbocycles. The van der Waals surface area contributed by atoms with Gasteiger partial charge < -0.3 is 0 Å². The molecule has 0 saturated heterocycles. The van der Waals surface area contributed by atoms with Crippen molar-refractivity contribution >= 4 is 0 Å². The summed E-state index contributed by atoms with van der Waals surface area (Å²) < 4.78 is 0. The summed E-state index contributed by atoms with van der Waals surface area (Å²) in [4.78, 5) is 0. The average molecular weight is 230 g/mol. The van der Waals surface area contributed by atoms with Gasteiger partial charge in [-0.2, -0.15) is 0 Å². The molecule has 2 bridgehead atoms. The third-order valence-electron chi connectivity index (χ3n) is 4.02. The fraction of sp³-hybridized carbons (Fsp3) is 0.647. The summed E-state index contributed by atoms with van der Waals surface area (Å²) in [5.74, 6) is 1.71. The monoisotopic (exact) mass is 230 g/mol. The van der Waals surface area contributed by atoms with Gasteiger partial charge in [-0.1, -0.05) is 55.7 Å². The molecular weight excluding hydrogens is 204 g/mol. The van der Waals surface area contributed by atoms with Crippen molar-refractivity contribution in [1.29, 1.82) is 0 Å². The molecule has 0 aromatic carbocycles. The van der Waals surface area contributed by atoms with E-state index in [9.17, 15) is 0 Å². The van der Waals surface area contributed by atoms with Gasteiger partial charge in [0.1, 0.15) is 0 Å². The zero-order valence-electron chi connectivity index (χ0n) is 11.2. The van der Waals surface area contributed by atoms with Crippen LogP contribution < -0.4 is 0 Å². The third-order valence-corrected chi connectivity index (χ3v) is 4.02. The minimum Gasteiger partial charge on any atom is -0.0885 e. The van der Waals surface area contributed by atoms with E-state index in [1.807, 2.05) is 0 Å². The molecule has 0 radical (unpaired) electrons. The van der Waals surface area contributed by atoms with Crippen LogP contribution in [0.3, 0.4) is 0 Å². The van der Waals surface area contributed by atoms with Gasteiger partial charge in [0.15, 0.2) is 0 Å². The van der Waals surface area contributed by atoms with E-state index in [1.165, 1.54) is 51.4 Å². The minimum absolute atomic E-state index is 0.820. The van der Waals surface area contributed by atoms with Gasteiger partial charge in [-0.05, 0) is 50.4 Å². The van der Waals surface area contributed by atoms with Gasteiger partial charge in [-0.3, -0.25) is 0 Å². The first-order chi connectivity index (χ1) is 8.40. The highest BCUT2D eigenvalue weighted by atomic mass is 14.3. The number of rotatable bonds is 7. The molecule has 0 aliphatic heterocycles. The van der Waals surface area contributed by atoms with E-state index in [1.54, 1.807) is 5.57 Å². The predicted octanol–water partition coefficient (Wildman–Crippen LogP) is 5.43. The predicted molar refractivity (Wildman–Crippen MR) is 76.0 cm³/mol. The van der Waals surface area contributed by atoms with Crippen LogP contribution in [0, 0.1) is 11.8 Å². The standard InChI is InChI=1S/C17H26/c1-2-3-4-5-6-7-8-9-10-16-13-15-11-12-17(16)14-15/h5-6,10-12,15,17H,2-4,7-9,13-14H2,1H3. The molecule has 2 unspecified atom stereocenters. The Kier molecular flexibility index (Phi) is 5.09. The van der Waals surface area contributed by atoms with Gasteiger partial charge >= 0.3 is 0 Å². The molecule has 0 nitrogen and oxygen atoms in total. The van der Waals surface area contributed by atoms with Crippen molar-refractivity contribution < 1.29 is 0 Å². The second kappa shape index (κ2) is 6.83. The molecule has 0 heteroatoms. The van der Waals surface area contributed by atoms with Gasteiger partial charge in [0.2, 0.25) is 0 Å². The quantitative estimate of drug-likeness (QED) is 0.404. The summed E-state index contributed by atoms with van der Waals surface area (Å²) >= 11 is 0. The van der Waals surface area contributed by atoms with E-state index in [4.69, 9.17) is 0 Å². The maximum absolute atomic E-state index is 2.52. The smallest absolute Gasteiger partial charge is 0.00173 e. The zero-order valence-corrected chi connectivity index (χ0v) is 11.2. The van der Waals surface area contributed by atoms with Crippen LogP contribution in [0.2, 0.25) is 0 Å². The Morgan fingerprint density at radius 3 is 2.59 bits per heavy atom. The highest BCUT2D eigenvalue weighted by Gasteiger charge is 2.29. The van der Waals surface area contributed by atoms with Crippen LogP contribution in [0.15, 0.2) is 36.0 Å². The molecular formula is C17H26. The highest BCUT2D eigenvalue weighted by Crippen LogP contribution is 2.43. The maximum atomic E-state index is 2.52. The van der Waals surface area contributed by atoms with Gasteiger partial charge in [0, 0.05) is 0 Å². The molecule has 0 heterocycles. The largest absolute Gasteiger partial charge is 0.0885 e. The topological polar surface area (TPSA) is 0 Å². The first-order valence-electron chi connectivity index (χ1n) is 7.42. The van der Waals surface area contributed by atoms with E-state index in [2.05, 4.69) is 37.3 Å². The molecule has 1 saturated carbocycles. The Bertz CT molecular complexity index is 306. The lowest BCUT2D eigenvalue weighted by Gasteiger charge is -2.07. The summed E-state index contributed by atoms with van der Waals surface area (Å²) in [6, 6.07) is 0. The third kappa shape index (κ3) is 3.87. The van der Waals surface area contributed by atoms with Crippen molar-refractivity contribution in [3.8, 4) is 0 Å². The van der Waals surface area contributed by atoms with E-state index < -0.39 is 0 Å². The van der Waals surface area contributed by atoms with Crippen LogP contribution in [0.25, 0.3) is 0 Å². The summed E-state index contributed by atoms with van der Waals surface area (Å²) in [6.07, 6.45) is 22.6. The molecule has 1 fully saturated rings. The van der Waals surface area contributed by atoms with Crippen LogP contribution in [0.1, 0.15) is 58.3 Å². The van der Waals surface area contributed by atoms with Crippen LogP contribution in [-0.2, 0) is 0 Å². The number of hydrogen-bond acceptors (Lipinski definition) is 0. The zero-order chi connectivity index (χ0) is 11.9. The second-order valence-electron chi connectivity index (χ2n) is 5.51. The SMILES string of the molecule is CCCCC=CCCCC=C1CC2C=CC1C2. The fourth-order valence-corrected chi connectivity index (χ4v) is 2.97. The van der Waals surface area contributed by atoms with Crippen LogP contribution >= 0.6 is 0 Å². The van der Waals surface area contributed by atoms with Crippen LogP contribution in [0.4, 0.5) is 0 Å². The first-order valence-corrected chi connectivity index (χ1v) is 7.42. The molecule has 2 atom stereocenters. The minimum atomic E-state index is 0.820. The van der Waals surface area contributed by atoms with Crippen molar-refractivity contribution in [3.63, 3.8) is 0 Å². The van der Waals surface area contributed by atoms with E-state index in [-0.39, 0.29) is 0 Å². The molecule has 0 amide bonds. The maximum Gasteiger partial charge on any atom is -0.00173 e. The molecule has 2 rings (SSSR count). The average Bonchev–Trinajstić information content (AvgIpc) is 2.94. The Morgan fingerprint density at radius 1 is 1.12 bits per heavy atom. The summed E-state index contributed by atoms with van der Waals surface area (Å²) in [5, 5.41) is 0. The second-order valence-corrected chi connectivity index (χ2v) is 5.51. The number of unbranched alkanes of at least 4 members (excludes halogenated alkanes) is 4. The lowest BCUT2D eigenvalue weighted by atomic mass is 9.99. The van der Waals surface area contributed by atoms with Crippen LogP contribution in [-0.4, -0.2) is 0 Å². The summed E-state index contributed by atoms with van der Waals surface area (Å²) in [6.45, 7) is 2.25. The first kappa shape index (κ1) is 12.7. The Labute approximate surface area is 106 Å². The van der Waals surface area contributed by atoms with Crippen molar-refractivity contribution in [3.05, 3.63) is 36.0 Å². The lowest BCUT2D eigenvalue weighted by Crippen LogP contribution is -1.91. The fourth-order valence-electron chi connectivity index (χ4n) is 2.97. The molecule has 94 valence electrons. The van der Waals surface area contributed by atoms with E-state index in [0.717, 1.165) is 11.8 Å². The van der Waals surface area contributed by atoms with Crippen molar-refractivity contribution in [2.75, 3.05) is 0 Å². The van der Waals surface area contributed by atoms with Gasteiger partial charge in [-0.25, -0.2) is 0 Å². The van der Waals surface area contributed by atoms with Crippen molar-refractivity contribution in [2.45, 2.75) is 58.3 Å². The summed E-state index contributed by atoms with van der Waals surface area (Å²) in [7, 11) is 0. The lowest BCUT2D eigenvalue weighted by molar-refractivity contribution is 0.693. The van der Waals surface area contributed by atoms with Gasteiger partial charge in [0.25, 0.3) is 0 Å². The molecule has 0 aromatic heterocycles. The molecule has 17 heavy (non-hydrogen) atoms. The van der Waals surface area contributed by atoms with E-state index in [0.29, 0.717) is 0 Å². The van der Waals surface area contributed by atoms with Crippen LogP contribution in [0.5, 0.6) is 0 Å². The molecule has 0 spiro atoms. The molecule has 0 N–H and O–H groups in total. The summed E-state index contributed by atoms with van der Waals surface area (Å²) in [5.41, 5.74) is 1.73. The van der Waals surface area contributed by atoms with E-state index >= 15 is 0 Å². The number of fused-ring (bicyclic) bond motifs is 2. The van der Waals surface area contributed by atoms with Crippen molar-refractivity contribution in [2.24, 2.45) is 11.8 Å². The number of allylic oxidation sites excluding steroid dienone is 6. The molecule has 0 aromatic rings. The van der Waals surface area contributed by atoms with Crippen molar-refractivity contribution in [1.82, 2.24) is 0 Å². The van der Waals surface area contributed by atoms with Gasteiger partial charge in [0.05, 0.1) is 0 Å². The normalized spacial score (nSPS) is 28.9. The van der Waals surface area contributed by atoms with Gasteiger partial charge in [-0.15, -0.1) is 0 Å². The Balaban J connectivity index is 1.56. The number of hydrogen-bond donors (Lipinski definition) is 0. The molecule has 2 aliphatic rings. The highest BCUT2D eigenvalue weighted by molar-refractivity contribution is 5.26. The Morgan fingerprint density at radius 2 is 1.94 bits per heavy atom. The Hall–Kier alpha value is -0.780.